The lowest BCUT2D eigenvalue weighted by atomic mass is 11.8. The van der Waals surface area contributed by atoms with E-state index in [0.717, 1.165) is 0 Å². The second-order valence-electron chi connectivity index (χ2n) is 0.389. The van der Waals surface area contributed by atoms with Gasteiger partial charge in [0.05, 0.1) is 0 Å². The Labute approximate surface area is 30.4 Å². The van der Waals surface area contributed by atoms with Crippen molar-refractivity contribution in [3.63, 3.8) is 0 Å². The Balaban J connectivity index is 2.94. The van der Waals surface area contributed by atoms with Gasteiger partial charge in [0.2, 0.25) is 0 Å². The molecular formula is CH2NO2P. The van der Waals surface area contributed by atoms with E-state index in [1.807, 2.05) is 0 Å². The van der Waals surface area contributed by atoms with Crippen LogP contribution in [0.2, 0.25) is 0 Å². The van der Waals surface area contributed by atoms with Gasteiger partial charge in [0.15, 0.2) is 0 Å². The van der Waals surface area contributed by atoms with Gasteiger partial charge in [-0.05, 0) is 0 Å². The van der Waals surface area contributed by atoms with Crippen molar-refractivity contribution in [3.8, 4) is 5.81 Å². The summed E-state index contributed by atoms with van der Waals surface area (Å²) in [6.07, 6.45) is 0. The summed E-state index contributed by atoms with van der Waals surface area (Å²) in [5.41, 5.74) is 0. The van der Waals surface area contributed by atoms with Crippen molar-refractivity contribution >= 4 is 8.38 Å². The van der Waals surface area contributed by atoms with E-state index in [9.17, 15) is 0 Å². The van der Waals surface area contributed by atoms with E-state index in [2.05, 4.69) is 0 Å². The molecule has 0 aliphatic rings. The summed E-state index contributed by atoms with van der Waals surface area (Å²) in [5, 5.41) is 7.42. The molecule has 0 spiro atoms. The number of hydrogen-bond acceptors (Lipinski definition) is 3. The fraction of sp³-hybridized carbons (Fsp3) is 0. The van der Waals surface area contributed by atoms with Crippen molar-refractivity contribution in [2.45, 2.75) is 0 Å². The maximum absolute atomic E-state index is 7.62. The molecule has 5 heavy (non-hydrogen) atoms. The largest absolute Gasteiger partial charge is 0.339 e. The summed E-state index contributed by atoms with van der Waals surface area (Å²) in [6.45, 7) is 0. The predicted molar refractivity (Wildman–Crippen MR) is 17.0 cm³/mol. The van der Waals surface area contributed by atoms with E-state index in [1.165, 1.54) is 5.81 Å². The van der Waals surface area contributed by atoms with Crippen molar-refractivity contribution in [3.05, 3.63) is 0 Å². The van der Waals surface area contributed by atoms with Crippen LogP contribution >= 0.6 is 8.38 Å². The molecule has 0 aromatic heterocycles. The highest BCUT2D eigenvalue weighted by molar-refractivity contribution is 7.50. The lowest BCUT2D eigenvalue weighted by molar-refractivity contribution is 0.497. The van der Waals surface area contributed by atoms with Gasteiger partial charge in [-0.15, -0.1) is 0 Å². The summed E-state index contributed by atoms with van der Waals surface area (Å²) >= 11 is 0. The van der Waals surface area contributed by atoms with E-state index >= 15 is 0 Å². The zero-order valence-electron chi connectivity index (χ0n) is 2.29. The van der Waals surface area contributed by atoms with Crippen molar-refractivity contribution in [2.24, 2.45) is 0 Å². The molecule has 0 aliphatic heterocycles. The minimum atomic E-state index is -2.29. The predicted octanol–water partition coefficient (Wildman–Crippen LogP) is -0.236. The van der Waals surface area contributed by atoms with Gasteiger partial charge in [0.25, 0.3) is 8.38 Å². The highest BCUT2D eigenvalue weighted by Gasteiger charge is 1.85. The zero-order valence-corrected chi connectivity index (χ0v) is 3.18. The van der Waals surface area contributed by atoms with Crippen molar-refractivity contribution < 1.29 is 9.79 Å². The van der Waals surface area contributed by atoms with Crippen LogP contribution in [0.25, 0.3) is 0 Å². The van der Waals surface area contributed by atoms with E-state index < -0.39 is 8.38 Å². The quantitative estimate of drug-likeness (QED) is 0.404. The molecule has 0 bridgehead atoms. The molecular weight excluding hydrogens is 89.0 g/mol. The van der Waals surface area contributed by atoms with Crippen LogP contribution in [0.15, 0.2) is 0 Å². The van der Waals surface area contributed by atoms with Crippen molar-refractivity contribution in [1.82, 2.24) is 0 Å². The molecule has 2 N–H and O–H groups in total. The average molecular weight is 91.0 g/mol. The average Bonchev–Trinajstić information content (AvgIpc) is 1.38. The summed E-state index contributed by atoms with van der Waals surface area (Å²) in [7, 11) is -2.29. The van der Waals surface area contributed by atoms with E-state index in [-0.39, 0.29) is 0 Å². The normalized spacial score (nSPS) is 7.60. The summed E-state index contributed by atoms with van der Waals surface area (Å²) in [4.78, 5) is 15.2. The Hall–Kier alpha value is -0.160. The van der Waals surface area contributed by atoms with Crippen molar-refractivity contribution in [1.29, 1.82) is 5.26 Å². The van der Waals surface area contributed by atoms with Gasteiger partial charge in [0.1, 0.15) is 5.81 Å². The molecule has 0 rings (SSSR count). The summed E-state index contributed by atoms with van der Waals surface area (Å²) in [6, 6.07) is 0. The molecule has 3 nitrogen and oxygen atoms in total. The first kappa shape index (κ1) is 4.84. The molecule has 0 aromatic rings. The first-order valence-electron chi connectivity index (χ1n) is 0.847. The molecule has 0 unspecified atom stereocenters. The topological polar surface area (TPSA) is 64.2 Å². The first-order chi connectivity index (χ1) is 2.27. The van der Waals surface area contributed by atoms with Crippen LogP contribution in [0, 0.1) is 11.1 Å². The molecule has 0 radical (unpaired) electrons. The van der Waals surface area contributed by atoms with Gasteiger partial charge in [-0.3, -0.25) is 0 Å². The van der Waals surface area contributed by atoms with E-state index in [0.29, 0.717) is 0 Å². The Morgan fingerprint density at radius 3 is 1.80 bits per heavy atom. The fourth-order valence-corrected chi connectivity index (χ4v) is 0. The fourth-order valence-electron chi connectivity index (χ4n) is 0. The minimum Gasteiger partial charge on any atom is -0.339 e. The Morgan fingerprint density at radius 2 is 1.80 bits per heavy atom. The van der Waals surface area contributed by atoms with Crippen LogP contribution in [0.4, 0.5) is 0 Å². The number of hydrogen-bond donors (Lipinski definition) is 2. The van der Waals surface area contributed by atoms with Gasteiger partial charge in [0, 0.05) is 0 Å². The monoisotopic (exact) mass is 91.0 g/mol. The molecule has 0 heterocycles. The van der Waals surface area contributed by atoms with Crippen LogP contribution in [0.1, 0.15) is 0 Å². The molecule has 0 fully saturated rings. The van der Waals surface area contributed by atoms with Crippen LogP contribution in [-0.2, 0) is 0 Å². The molecule has 0 atom stereocenters. The molecule has 0 amide bonds. The van der Waals surface area contributed by atoms with Crippen molar-refractivity contribution in [2.75, 3.05) is 0 Å². The van der Waals surface area contributed by atoms with Crippen LogP contribution in [0.5, 0.6) is 0 Å². The number of rotatable bonds is 0. The second kappa shape index (κ2) is 2.10. The Morgan fingerprint density at radius 1 is 1.60 bits per heavy atom. The van der Waals surface area contributed by atoms with Gasteiger partial charge >= 0.3 is 0 Å². The lowest BCUT2D eigenvalue weighted by Gasteiger charge is -1.74. The molecule has 0 aromatic carbocycles. The third-order valence-corrected chi connectivity index (χ3v) is 0.268. The van der Waals surface area contributed by atoms with E-state index in [4.69, 9.17) is 15.0 Å². The summed E-state index contributed by atoms with van der Waals surface area (Å²) in [5.74, 6) is 1.20. The molecule has 0 saturated heterocycles. The molecule has 28 valence electrons. The van der Waals surface area contributed by atoms with Gasteiger partial charge in [-0.1, -0.05) is 0 Å². The number of nitrogens with zero attached hydrogens (tertiary/aromatic N) is 1. The smallest absolute Gasteiger partial charge is 0.279 e. The minimum absolute atomic E-state index is 1.20. The third kappa shape index (κ3) is 3.84. The van der Waals surface area contributed by atoms with Gasteiger partial charge in [-0.2, -0.15) is 5.26 Å². The highest BCUT2D eigenvalue weighted by Crippen LogP contribution is 2.17. The summed E-state index contributed by atoms with van der Waals surface area (Å²) < 4.78 is 0. The van der Waals surface area contributed by atoms with Gasteiger partial charge < -0.3 is 9.79 Å². The van der Waals surface area contributed by atoms with Crippen LogP contribution in [-0.4, -0.2) is 9.79 Å². The molecule has 0 aliphatic carbocycles. The molecule has 4 heteroatoms. The van der Waals surface area contributed by atoms with E-state index in [1.54, 1.807) is 0 Å². The second-order valence-corrected chi connectivity index (χ2v) is 1.17. The SMILES string of the molecule is N#CP(O)O. The molecule has 0 saturated carbocycles. The Kier molecular flexibility index (Phi) is 2.03. The Bertz CT molecular complexity index is 55.2. The maximum Gasteiger partial charge on any atom is 0.279 e. The van der Waals surface area contributed by atoms with Crippen LogP contribution < -0.4 is 0 Å². The van der Waals surface area contributed by atoms with Gasteiger partial charge in [-0.25, -0.2) is 0 Å². The lowest BCUT2D eigenvalue weighted by Crippen LogP contribution is -1.52. The third-order valence-electron chi connectivity index (χ3n) is 0.0894. The number of nitriles is 1. The van der Waals surface area contributed by atoms with Crippen LogP contribution in [0.3, 0.4) is 0 Å². The highest BCUT2D eigenvalue weighted by atomic mass is 31.2. The zero-order chi connectivity index (χ0) is 4.28. The standard InChI is InChI=1S/CH2NO2P/c2-1-5(3)4/h3-4H. The first-order valence-corrected chi connectivity index (χ1v) is 2.09. The maximum atomic E-state index is 7.62.